The van der Waals surface area contributed by atoms with Gasteiger partial charge in [-0.25, -0.2) is 0 Å². The fraction of sp³-hybridized carbons (Fsp3) is 0.900. The first kappa shape index (κ1) is 13.4. The van der Waals surface area contributed by atoms with Crippen LogP contribution >= 0.6 is 0 Å². The SMILES string of the molecule is CCCN(CCO)CC(C)(C)C(=O)O. The number of carbonyl (C=O) groups is 1. The number of aliphatic hydroxyl groups is 1. The van der Waals surface area contributed by atoms with Crippen molar-refractivity contribution in [3.8, 4) is 0 Å². The molecule has 0 radical (unpaired) electrons. The Morgan fingerprint density at radius 2 is 1.93 bits per heavy atom. The Morgan fingerprint density at radius 3 is 2.29 bits per heavy atom. The van der Waals surface area contributed by atoms with E-state index >= 15 is 0 Å². The number of aliphatic carboxylic acids is 1. The molecular weight excluding hydrogens is 182 g/mol. The van der Waals surface area contributed by atoms with Crippen molar-refractivity contribution in [1.29, 1.82) is 0 Å². The third-order valence-electron chi connectivity index (χ3n) is 2.15. The molecule has 0 aromatic carbocycles. The first-order chi connectivity index (χ1) is 6.44. The lowest BCUT2D eigenvalue weighted by Gasteiger charge is -2.28. The smallest absolute Gasteiger partial charge is 0.310 e. The van der Waals surface area contributed by atoms with Crippen LogP contribution in [0, 0.1) is 5.41 Å². The van der Waals surface area contributed by atoms with E-state index in [1.807, 2.05) is 11.8 Å². The van der Waals surface area contributed by atoms with Crippen LogP contribution in [0.25, 0.3) is 0 Å². The van der Waals surface area contributed by atoms with Crippen LogP contribution in [0.5, 0.6) is 0 Å². The van der Waals surface area contributed by atoms with E-state index in [4.69, 9.17) is 10.2 Å². The van der Waals surface area contributed by atoms with E-state index < -0.39 is 11.4 Å². The average Bonchev–Trinajstić information content (AvgIpc) is 2.04. The van der Waals surface area contributed by atoms with Crippen molar-refractivity contribution in [3.63, 3.8) is 0 Å². The second-order valence-corrected chi connectivity index (χ2v) is 4.19. The standard InChI is InChI=1S/C10H21NO3/c1-4-5-11(6-7-12)8-10(2,3)9(13)14/h12H,4-8H2,1-3H3,(H,13,14). The quantitative estimate of drug-likeness (QED) is 0.642. The zero-order valence-corrected chi connectivity index (χ0v) is 9.29. The first-order valence-electron chi connectivity index (χ1n) is 5.00. The van der Waals surface area contributed by atoms with Gasteiger partial charge in [-0.3, -0.25) is 9.69 Å². The molecule has 0 fully saturated rings. The minimum atomic E-state index is -0.795. The van der Waals surface area contributed by atoms with Gasteiger partial charge in [0.2, 0.25) is 0 Å². The summed E-state index contributed by atoms with van der Waals surface area (Å²) in [7, 11) is 0. The van der Waals surface area contributed by atoms with Gasteiger partial charge in [-0.1, -0.05) is 6.92 Å². The lowest BCUT2D eigenvalue weighted by atomic mass is 9.93. The molecule has 14 heavy (non-hydrogen) atoms. The minimum absolute atomic E-state index is 0.0791. The molecular formula is C10H21NO3. The fourth-order valence-corrected chi connectivity index (χ4v) is 1.35. The summed E-state index contributed by atoms with van der Waals surface area (Å²) < 4.78 is 0. The van der Waals surface area contributed by atoms with Gasteiger partial charge in [0, 0.05) is 13.1 Å². The van der Waals surface area contributed by atoms with Crippen LogP contribution in [0.2, 0.25) is 0 Å². The lowest BCUT2D eigenvalue weighted by molar-refractivity contribution is -0.148. The van der Waals surface area contributed by atoms with E-state index in [0.717, 1.165) is 13.0 Å². The molecule has 2 N–H and O–H groups in total. The molecule has 0 rings (SSSR count). The highest BCUT2D eigenvalue weighted by molar-refractivity contribution is 5.73. The highest BCUT2D eigenvalue weighted by Gasteiger charge is 2.29. The molecule has 0 amide bonds. The molecule has 0 spiro atoms. The third-order valence-corrected chi connectivity index (χ3v) is 2.15. The monoisotopic (exact) mass is 203 g/mol. The first-order valence-corrected chi connectivity index (χ1v) is 5.00. The topological polar surface area (TPSA) is 60.8 Å². The summed E-state index contributed by atoms with van der Waals surface area (Å²) in [4.78, 5) is 12.9. The number of rotatable bonds is 7. The van der Waals surface area contributed by atoms with Gasteiger partial charge in [0.15, 0.2) is 0 Å². The minimum Gasteiger partial charge on any atom is -0.481 e. The summed E-state index contributed by atoms with van der Waals surface area (Å²) in [5.41, 5.74) is -0.746. The Kier molecular flexibility index (Phi) is 5.72. The van der Waals surface area contributed by atoms with Gasteiger partial charge < -0.3 is 10.2 Å². The summed E-state index contributed by atoms with van der Waals surface area (Å²) in [6.45, 7) is 7.39. The van der Waals surface area contributed by atoms with E-state index in [-0.39, 0.29) is 6.61 Å². The molecule has 0 aliphatic rings. The van der Waals surface area contributed by atoms with Crippen molar-refractivity contribution in [2.45, 2.75) is 27.2 Å². The molecule has 0 aromatic rings. The van der Waals surface area contributed by atoms with Crippen molar-refractivity contribution in [3.05, 3.63) is 0 Å². The van der Waals surface area contributed by atoms with Crippen molar-refractivity contribution < 1.29 is 15.0 Å². The highest BCUT2D eigenvalue weighted by atomic mass is 16.4. The van der Waals surface area contributed by atoms with Crippen LogP contribution in [-0.4, -0.2) is 47.3 Å². The molecule has 0 saturated carbocycles. The molecule has 0 unspecified atom stereocenters. The van der Waals surface area contributed by atoms with Gasteiger partial charge >= 0.3 is 5.97 Å². The average molecular weight is 203 g/mol. The van der Waals surface area contributed by atoms with Gasteiger partial charge in [-0.15, -0.1) is 0 Å². The molecule has 84 valence electrons. The summed E-state index contributed by atoms with van der Waals surface area (Å²) >= 11 is 0. The second-order valence-electron chi connectivity index (χ2n) is 4.19. The van der Waals surface area contributed by atoms with Crippen LogP contribution in [0.15, 0.2) is 0 Å². The third kappa shape index (κ3) is 4.58. The van der Waals surface area contributed by atoms with E-state index in [0.29, 0.717) is 13.1 Å². The molecule has 4 heteroatoms. The Hall–Kier alpha value is -0.610. The second kappa shape index (κ2) is 5.98. The predicted molar refractivity (Wildman–Crippen MR) is 55.2 cm³/mol. The van der Waals surface area contributed by atoms with E-state index in [9.17, 15) is 4.79 Å². The number of nitrogens with zero attached hydrogens (tertiary/aromatic N) is 1. The van der Waals surface area contributed by atoms with E-state index in [1.165, 1.54) is 0 Å². The van der Waals surface area contributed by atoms with Crippen LogP contribution in [0.1, 0.15) is 27.2 Å². The molecule has 0 atom stereocenters. The lowest BCUT2D eigenvalue weighted by Crippen LogP contribution is -2.40. The zero-order chi connectivity index (χ0) is 11.2. The molecule has 0 aliphatic carbocycles. The van der Waals surface area contributed by atoms with Crippen molar-refractivity contribution >= 4 is 5.97 Å². The van der Waals surface area contributed by atoms with Crippen LogP contribution in [0.4, 0.5) is 0 Å². The number of carboxylic acid groups (broad SMARTS) is 1. The van der Waals surface area contributed by atoms with Gasteiger partial charge in [-0.05, 0) is 26.8 Å². The largest absolute Gasteiger partial charge is 0.481 e. The predicted octanol–water partition coefficient (Wildman–Crippen LogP) is 0.802. The number of aliphatic hydroxyl groups excluding tert-OH is 1. The van der Waals surface area contributed by atoms with Crippen molar-refractivity contribution in [2.24, 2.45) is 5.41 Å². The van der Waals surface area contributed by atoms with E-state index in [1.54, 1.807) is 13.8 Å². The molecule has 4 nitrogen and oxygen atoms in total. The molecule has 0 aromatic heterocycles. The number of hydrogen-bond acceptors (Lipinski definition) is 3. The Bertz CT molecular complexity index is 174. The van der Waals surface area contributed by atoms with Gasteiger partial charge in [0.1, 0.15) is 0 Å². The normalized spacial score (nSPS) is 12.1. The van der Waals surface area contributed by atoms with Crippen molar-refractivity contribution in [2.75, 3.05) is 26.2 Å². The molecule has 0 aliphatic heterocycles. The number of hydrogen-bond donors (Lipinski definition) is 2. The zero-order valence-electron chi connectivity index (χ0n) is 9.29. The van der Waals surface area contributed by atoms with Crippen LogP contribution in [-0.2, 0) is 4.79 Å². The Balaban J connectivity index is 4.19. The van der Waals surface area contributed by atoms with E-state index in [2.05, 4.69) is 0 Å². The highest BCUT2D eigenvalue weighted by Crippen LogP contribution is 2.17. The molecule has 0 bridgehead atoms. The summed E-state index contributed by atoms with van der Waals surface area (Å²) in [5.74, 6) is -0.795. The molecule has 0 saturated heterocycles. The summed E-state index contributed by atoms with van der Waals surface area (Å²) in [6, 6.07) is 0. The maximum Gasteiger partial charge on any atom is 0.310 e. The maximum absolute atomic E-state index is 10.9. The maximum atomic E-state index is 10.9. The number of carboxylic acids is 1. The van der Waals surface area contributed by atoms with Gasteiger partial charge in [-0.2, -0.15) is 0 Å². The summed E-state index contributed by atoms with van der Waals surface area (Å²) in [5, 5.41) is 17.7. The Labute approximate surface area is 85.5 Å². The molecule has 0 heterocycles. The van der Waals surface area contributed by atoms with Crippen molar-refractivity contribution in [1.82, 2.24) is 4.90 Å². The Morgan fingerprint density at radius 1 is 1.36 bits per heavy atom. The summed E-state index contributed by atoms with van der Waals surface area (Å²) in [6.07, 6.45) is 0.968. The fourth-order valence-electron chi connectivity index (χ4n) is 1.35. The van der Waals surface area contributed by atoms with Gasteiger partial charge in [0.05, 0.1) is 12.0 Å². The van der Waals surface area contributed by atoms with Crippen LogP contribution < -0.4 is 0 Å². The van der Waals surface area contributed by atoms with Gasteiger partial charge in [0.25, 0.3) is 0 Å². The van der Waals surface area contributed by atoms with Crippen LogP contribution in [0.3, 0.4) is 0 Å².